The van der Waals surface area contributed by atoms with Crippen molar-refractivity contribution in [3.63, 3.8) is 0 Å². The van der Waals surface area contributed by atoms with Gasteiger partial charge in [0.25, 0.3) is 5.91 Å². The van der Waals surface area contributed by atoms with Crippen LogP contribution in [0.3, 0.4) is 0 Å². The van der Waals surface area contributed by atoms with Crippen LogP contribution in [0.1, 0.15) is 35.3 Å². The number of nitrogens with zero attached hydrogens (tertiary/aromatic N) is 2. The van der Waals surface area contributed by atoms with E-state index in [2.05, 4.69) is 5.32 Å². The summed E-state index contributed by atoms with van der Waals surface area (Å²) in [6, 6.07) is 14.1. The monoisotopic (exact) mass is 473 g/mol. The second kappa shape index (κ2) is 10.4. The van der Waals surface area contributed by atoms with E-state index >= 15 is 0 Å². The lowest BCUT2D eigenvalue weighted by molar-refractivity contribution is -0.119. The molecule has 0 saturated carbocycles. The maximum Gasteiger partial charge on any atom is 0.254 e. The normalized spacial score (nSPS) is 18.6. The number of nitrogens with one attached hydrogen (secondary N) is 1. The number of hydrogen-bond donors (Lipinski definition) is 1. The van der Waals surface area contributed by atoms with Crippen molar-refractivity contribution in [3.05, 3.63) is 65.2 Å². The van der Waals surface area contributed by atoms with Crippen molar-refractivity contribution in [1.29, 1.82) is 0 Å². The van der Waals surface area contributed by atoms with E-state index in [4.69, 9.17) is 4.74 Å². The Morgan fingerprint density at radius 2 is 1.67 bits per heavy atom. The molecule has 2 atom stereocenters. The highest BCUT2D eigenvalue weighted by Crippen LogP contribution is 2.21. The third kappa shape index (κ3) is 6.55. The predicted molar refractivity (Wildman–Crippen MR) is 128 cm³/mol. The molecule has 2 aromatic rings. The number of ether oxygens (including phenoxy) is 1. The van der Waals surface area contributed by atoms with E-state index in [-0.39, 0.29) is 31.2 Å². The molecular formula is C24H31N3O5S. The zero-order chi connectivity index (χ0) is 24.2. The third-order valence-corrected chi connectivity index (χ3v) is 6.60. The van der Waals surface area contributed by atoms with Crippen LogP contribution < -0.4 is 9.62 Å². The van der Waals surface area contributed by atoms with Crippen molar-refractivity contribution < 1.29 is 22.7 Å². The van der Waals surface area contributed by atoms with Gasteiger partial charge in [0.1, 0.15) is 6.54 Å². The second-order valence-electron chi connectivity index (χ2n) is 8.50. The molecule has 178 valence electrons. The zero-order valence-corrected chi connectivity index (χ0v) is 20.3. The summed E-state index contributed by atoms with van der Waals surface area (Å²) in [4.78, 5) is 27.1. The molecule has 0 aromatic heterocycles. The molecule has 1 fully saturated rings. The summed E-state index contributed by atoms with van der Waals surface area (Å²) in [5, 5.41) is 2.76. The minimum Gasteiger partial charge on any atom is -0.372 e. The maximum absolute atomic E-state index is 12.8. The Labute approximate surface area is 195 Å². The molecule has 33 heavy (non-hydrogen) atoms. The van der Waals surface area contributed by atoms with Gasteiger partial charge in [0, 0.05) is 25.2 Å². The fraction of sp³-hybridized carbons (Fsp3) is 0.417. The number of carbonyl (C=O) groups excluding carboxylic acids is 2. The molecule has 3 rings (SSSR count). The predicted octanol–water partition coefficient (Wildman–Crippen LogP) is 2.33. The van der Waals surface area contributed by atoms with Gasteiger partial charge in [-0.3, -0.25) is 13.9 Å². The van der Waals surface area contributed by atoms with Crippen LogP contribution in [0.5, 0.6) is 0 Å². The summed E-state index contributed by atoms with van der Waals surface area (Å²) in [6.07, 6.45) is 1.08. The number of rotatable bonds is 7. The average molecular weight is 474 g/mol. The Balaban J connectivity index is 1.60. The number of hydrogen-bond acceptors (Lipinski definition) is 5. The molecule has 0 spiro atoms. The van der Waals surface area contributed by atoms with E-state index in [1.807, 2.05) is 19.9 Å². The number of benzene rings is 2. The van der Waals surface area contributed by atoms with Crippen molar-refractivity contribution in [2.45, 2.75) is 39.5 Å². The Bertz CT molecular complexity index is 1090. The number of para-hydroxylation sites is 1. The van der Waals surface area contributed by atoms with Crippen LogP contribution >= 0.6 is 0 Å². The molecule has 1 N–H and O–H groups in total. The quantitative estimate of drug-likeness (QED) is 0.666. The van der Waals surface area contributed by atoms with Gasteiger partial charge in [0.2, 0.25) is 15.9 Å². The fourth-order valence-corrected chi connectivity index (χ4v) is 4.82. The van der Waals surface area contributed by atoms with E-state index in [1.54, 1.807) is 54.3 Å². The molecule has 9 heteroatoms. The molecule has 2 amide bonds. The van der Waals surface area contributed by atoms with Crippen LogP contribution in [-0.4, -0.2) is 63.2 Å². The number of anilines is 1. The Morgan fingerprint density at radius 1 is 1.06 bits per heavy atom. The average Bonchev–Trinajstić information content (AvgIpc) is 2.75. The Hall–Kier alpha value is -2.91. The molecule has 8 nitrogen and oxygen atoms in total. The lowest BCUT2D eigenvalue weighted by Crippen LogP contribution is -2.48. The summed E-state index contributed by atoms with van der Waals surface area (Å²) in [6.45, 7) is 6.72. The highest BCUT2D eigenvalue weighted by Gasteiger charge is 2.26. The van der Waals surface area contributed by atoms with E-state index in [1.165, 1.54) is 0 Å². The van der Waals surface area contributed by atoms with E-state index in [0.29, 0.717) is 24.3 Å². The first-order chi connectivity index (χ1) is 15.5. The summed E-state index contributed by atoms with van der Waals surface area (Å²) in [5.74, 6) is -0.463. The first-order valence-corrected chi connectivity index (χ1v) is 12.7. The van der Waals surface area contributed by atoms with Crippen molar-refractivity contribution >= 4 is 27.5 Å². The number of carbonyl (C=O) groups is 2. The minimum absolute atomic E-state index is 0.00152. The second-order valence-corrected chi connectivity index (χ2v) is 10.4. The van der Waals surface area contributed by atoms with Crippen molar-refractivity contribution in [2.75, 3.05) is 30.2 Å². The molecule has 1 aliphatic heterocycles. The molecule has 0 aliphatic carbocycles. The SMILES string of the molecule is Cc1ccccc1N(CC(=O)NCc1ccc(C(=O)N2CC(C)OC(C)C2)cc1)S(C)(=O)=O. The summed E-state index contributed by atoms with van der Waals surface area (Å²) < 4.78 is 31.3. The lowest BCUT2D eigenvalue weighted by atomic mass is 10.1. The first-order valence-electron chi connectivity index (χ1n) is 10.9. The number of morpholine rings is 1. The molecule has 0 bridgehead atoms. The highest BCUT2D eigenvalue weighted by atomic mass is 32.2. The van der Waals surface area contributed by atoms with Gasteiger partial charge in [-0.05, 0) is 50.1 Å². The van der Waals surface area contributed by atoms with Crippen LogP contribution in [0.2, 0.25) is 0 Å². The van der Waals surface area contributed by atoms with Crippen molar-refractivity contribution in [3.8, 4) is 0 Å². The zero-order valence-electron chi connectivity index (χ0n) is 19.4. The molecule has 1 saturated heterocycles. The van der Waals surface area contributed by atoms with Gasteiger partial charge in [0.15, 0.2) is 0 Å². The van der Waals surface area contributed by atoms with E-state index < -0.39 is 15.9 Å². The molecular weight excluding hydrogens is 442 g/mol. The lowest BCUT2D eigenvalue weighted by Gasteiger charge is -2.35. The van der Waals surface area contributed by atoms with E-state index in [0.717, 1.165) is 21.7 Å². The molecule has 1 aliphatic rings. The van der Waals surface area contributed by atoms with Crippen LogP contribution in [-0.2, 0) is 26.1 Å². The van der Waals surface area contributed by atoms with Crippen LogP contribution in [0.15, 0.2) is 48.5 Å². The highest BCUT2D eigenvalue weighted by molar-refractivity contribution is 7.92. The van der Waals surface area contributed by atoms with Gasteiger partial charge in [-0.15, -0.1) is 0 Å². The first kappa shape index (κ1) is 24.7. The third-order valence-electron chi connectivity index (χ3n) is 5.47. The van der Waals surface area contributed by atoms with Gasteiger partial charge >= 0.3 is 0 Å². The summed E-state index contributed by atoms with van der Waals surface area (Å²) in [7, 11) is -3.63. The Morgan fingerprint density at radius 3 is 2.24 bits per heavy atom. The van der Waals surface area contributed by atoms with E-state index in [9.17, 15) is 18.0 Å². The molecule has 1 heterocycles. The summed E-state index contributed by atoms with van der Waals surface area (Å²) >= 11 is 0. The van der Waals surface area contributed by atoms with Gasteiger partial charge in [-0.1, -0.05) is 30.3 Å². The minimum atomic E-state index is -3.63. The van der Waals surface area contributed by atoms with Crippen LogP contribution in [0.25, 0.3) is 0 Å². The van der Waals surface area contributed by atoms with Crippen LogP contribution in [0, 0.1) is 6.92 Å². The molecule has 2 unspecified atom stereocenters. The van der Waals surface area contributed by atoms with Crippen molar-refractivity contribution in [2.24, 2.45) is 0 Å². The topological polar surface area (TPSA) is 96.0 Å². The largest absolute Gasteiger partial charge is 0.372 e. The van der Waals surface area contributed by atoms with Gasteiger partial charge in [0.05, 0.1) is 24.2 Å². The smallest absolute Gasteiger partial charge is 0.254 e. The maximum atomic E-state index is 12.8. The fourth-order valence-electron chi connectivity index (χ4n) is 3.90. The molecule has 0 radical (unpaired) electrons. The number of amides is 2. The van der Waals surface area contributed by atoms with Crippen molar-refractivity contribution in [1.82, 2.24) is 10.2 Å². The Kier molecular flexibility index (Phi) is 7.76. The number of sulfonamides is 1. The standard InChI is InChI=1S/C24H31N3O5S/c1-17-7-5-6-8-22(17)27(33(4,30)31)16-23(28)25-13-20-9-11-21(12-10-20)24(29)26-14-18(2)32-19(3)15-26/h5-12,18-19H,13-16H2,1-4H3,(H,25,28). The summed E-state index contributed by atoms with van der Waals surface area (Å²) in [5.41, 5.74) is 2.63. The number of aryl methyl sites for hydroxylation is 1. The van der Waals surface area contributed by atoms with Gasteiger partial charge in [-0.2, -0.15) is 0 Å². The van der Waals surface area contributed by atoms with Gasteiger partial charge in [-0.25, -0.2) is 8.42 Å². The van der Waals surface area contributed by atoms with Crippen LogP contribution in [0.4, 0.5) is 5.69 Å². The van der Waals surface area contributed by atoms with Gasteiger partial charge < -0.3 is 15.0 Å². The molecule has 2 aromatic carbocycles.